The summed E-state index contributed by atoms with van der Waals surface area (Å²) < 4.78 is 10.7. The average Bonchev–Trinajstić information content (AvgIpc) is 2.97. The van der Waals surface area contributed by atoms with Crippen LogP contribution in [0.15, 0.2) is 84.4 Å². The number of nitrogens with zero attached hydrogens (tertiary/aromatic N) is 1. The van der Waals surface area contributed by atoms with Gasteiger partial charge in [-0.1, -0.05) is 42.0 Å². The molecule has 6 nitrogen and oxygen atoms in total. The van der Waals surface area contributed by atoms with Gasteiger partial charge in [-0.3, -0.25) is 14.5 Å². The number of carbonyl (C=O) groups excluding carboxylic acids is 2. The first-order chi connectivity index (χ1) is 18.6. The lowest BCUT2D eigenvalue weighted by atomic mass is 9.78. The number of anilines is 1. The fourth-order valence-corrected chi connectivity index (χ4v) is 5.57. The lowest BCUT2D eigenvalue weighted by molar-refractivity contribution is -0.123. The monoisotopic (exact) mass is 510 g/mol. The zero-order valence-corrected chi connectivity index (χ0v) is 22.0. The Morgan fingerprint density at radius 1 is 0.921 bits per heavy atom. The van der Waals surface area contributed by atoms with Crippen LogP contribution in [0.25, 0.3) is 0 Å². The lowest BCUT2D eigenvalue weighted by Crippen LogP contribution is -2.47. The Morgan fingerprint density at radius 3 is 2.26 bits per heavy atom. The highest BCUT2D eigenvalue weighted by molar-refractivity contribution is 6.11. The second kappa shape index (κ2) is 11.5. The number of nitrogens with one attached hydrogen (secondary N) is 1. The number of ether oxygens (including phenoxy) is 2. The van der Waals surface area contributed by atoms with Gasteiger partial charge in [-0.2, -0.15) is 0 Å². The van der Waals surface area contributed by atoms with Crippen LogP contribution >= 0.6 is 0 Å². The Balaban J connectivity index is 1.56. The summed E-state index contributed by atoms with van der Waals surface area (Å²) in [7, 11) is 3.23. The molecule has 1 heterocycles. The Kier molecular flexibility index (Phi) is 7.78. The van der Waals surface area contributed by atoms with Gasteiger partial charge in [-0.05, 0) is 85.7 Å². The Labute approximate surface area is 224 Å². The smallest absolute Gasteiger partial charge is 0.259 e. The molecule has 6 heteroatoms. The third-order valence-electron chi connectivity index (χ3n) is 7.56. The van der Waals surface area contributed by atoms with Crippen molar-refractivity contribution in [3.8, 4) is 11.5 Å². The van der Waals surface area contributed by atoms with Crippen LogP contribution in [-0.2, 0) is 4.79 Å². The normalized spacial score (nSPS) is 18.8. The second-order valence-corrected chi connectivity index (χ2v) is 9.81. The van der Waals surface area contributed by atoms with Crippen LogP contribution in [0, 0.1) is 0 Å². The van der Waals surface area contributed by atoms with Crippen molar-refractivity contribution >= 4 is 17.5 Å². The number of hydrogen-bond acceptors (Lipinski definition) is 4. The van der Waals surface area contributed by atoms with Gasteiger partial charge in [-0.15, -0.1) is 0 Å². The molecule has 5 rings (SSSR count). The molecule has 0 spiro atoms. The van der Waals surface area contributed by atoms with E-state index >= 15 is 0 Å². The molecule has 0 saturated carbocycles. The van der Waals surface area contributed by atoms with Gasteiger partial charge in [0.1, 0.15) is 11.5 Å². The summed E-state index contributed by atoms with van der Waals surface area (Å²) in [6, 6.07) is 21.9. The number of fused-ring (bicyclic) bond motifs is 1. The van der Waals surface area contributed by atoms with E-state index in [2.05, 4.69) is 11.4 Å². The zero-order valence-electron chi connectivity index (χ0n) is 22.0. The SMILES string of the molecule is COc1ccc([C@@H]2[C@@H](C(=O)NCCC3=CCCCC3)c3ccccc3C(=O)N2c2ccc(OC)cc2)cc1. The summed E-state index contributed by atoms with van der Waals surface area (Å²) in [5, 5.41) is 3.21. The van der Waals surface area contributed by atoms with E-state index in [1.54, 1.807) is 19.1 Å². The van der Waals surface area contributed by atoms with Gasteiger partial charge < -0.3 is 14.8 Å². The molecule has 2 aliphatic rings. The number of amides is 2. The highest BCUT2D eigenvalue weighted by Crippen LogP contribution is 2.45. The molecule has 1 aliphatic carbocycles. The first-order valence-corrected chi connectivity index (χ1v) is 13.3. The average molecular weight is 511 g/mol. The predicted octanol–water partition coefficient (Wildman–Crippen LogP) is 6.20. The zero-order chi connectivity index (χ0) is 26.5. The van der Waals surface area contributed by atoms with Crippen molar-refractivity contribution in [2.24, 2.45) is 0 Å². The van der Waals surface area contributed by atoms with Crippen molar-refractivity contribution in [2.75, 3.05) is 25.7 Å². The van der Waals surface area contributed by atoms with E-state index in [1.807, 2.05) is 72.8 Å². The van der Waals surface area contributed by atoms with Crippen LogP contribution in [0.1, 0.15) is 65.5 Å². The van der Waals surface area contributed by atoms with E-state index in [0.717, 1.165) is 30.4 Å². The van der Waals surface area contributed by atoms with Crippen LogP contribution in [-0.4, -0.2) is 32.6 Å². The van der Waals surface area contributed by atoms with Gasteiger partial charge in [0.2, 0.25) is 5.91 Å². The Hall–Kier alpha value is -4.06. The highest BCUT2D eigenvalue weighted by Gasteiger charge is 2.44. The minimum Gasteiger partial charge on any atom is -0.497 e. The van der Waals surface area contributed by atoms with E-state index in [-0.39, 0.29) is 11.8 Å². The summed E-state index contributed by atoms with van der Waals surface area (Å²) in [5.74, 6) is 0.614. The largest absolute Gasteiger partial charge is 0.497 e. The minimum atomic E-state index is -0.584. The highest BCUT2D eigenvalue weighted by atomic mass is 16.5. The summed E-state index contributed by atoms with van der Waals surface area (Å²) in [6.45, 7) is 0.579. The first kappa shape index (κ1) is 25.6. The Bertz CT molecular complexity index is 1310. The van der Waals surface area contributed by atoms with Gasteiger partial charge in [0.05, 0.1) is 26.2 Å². The van der Waals surface area contributed by atoms with Crippen molar-refractivity contribution in [2.45, 2.75) is 44.1 Å². The molecule has 2 atom stereocenters. The second-order valence-electron chi connectivity index (χ2n) is 9.81. The van der Waals surface area contributed by atoms with Crippen molar-refractivity contribution in [3.63, 3.8) is 0 Å². The summed E-state index contributed by atoms with van der Waals surface area (Å²) in [5.41, 5.74) is 4.28. The lowest BCUT2D eigenvalue weighted by Gasteiger charge is -2.42. The van der Waals surface area contributed by atoms with Crippen molar-refractivity contribution in [1.82, 2.24) is 5.32 Å². The van der Waals surface area contributed by atoms with E-state index in [4.69, 9.17) is 9.47 Å². The maximum atomic E-state index is 14.0. The number of hydrogen-bond donors (Lipinski definition) is 1. The minimum absolute atomic E-state index is 0.0827. The molecule has 0 radical (unpaired) electrons. The molecular weight excluding hydrogens is 476 g/mol. The molecule has 0 bridgehead atoms. The first-order valence-electron chi connectivity index (χ1n) is 13.3. The van der Waals surface area contributed by atoms with Crippen LogP contribution in [0.5, 0.6) is 11.5 Å². The molecule has 196 valence electrons. The molecular formula is C32H34N2O4. The molecule has 0 saturated heterocycles. The fraction of sp³-hybridized carbons (Fsp3) is 0.312. The van der Waals surface area contributed by atoms with E-state index < -0.39 is 12.0 Å². The van der Waals surface area contributed by atoms with Gasteiger partial charge in [0.15, 0.2) is 0 Å². The molecule has 1 N–H and O–H groups in total. The van der Waals surface area contributed by atoms with Crippen LogP contribution in [0.2, 0.25) is 0 Å². The van der Waals surface area contributed by atoms with Crippen molar-refractivity contribution in [3.05, 3.63) is 101 Å². The third-order valence-corrected chi connectivity index (χ3v) is 7.56. The third kappa shape index (κ3) is 5.17. The van der Waals surface area contributed by atoms with Crippen LogP contribution in [0.4, 0.5) is 5.69 Å². The van der Waals surface area contributed by atoms with E-state index in [1.165, 1.54) is 18.4 Å². The van der Waals surface area contributed by atoms with Crippen molar-refractivity contribution < 1.29 is 19.1 Å². The molecule has 0 fully saturated rings. The summed E-state index contributed by atoms with van der Waals surface area (Å²) in [4.78, 5) is 29.7. The Morgan fingerprint density at radius 2 is 1.61 bits per heavy atom. The van der Waals surface area contributed by atoms with Crippen LogP contribution < -0.4 is 19.7 Å². The van der Waals surface area contributed by atoms with Gasteiger partial charge in [-0.25, -0.2) is 0 Å². The molecule has 3 aromatic rings. The van der Waals surface area contributed by atoms with E-state index in [0.29, 0.717) is 29.3 Å². The predicted molar refractivity (Wildman–Crippen MR) is 149 cm³/mol. The molecule has 1 aliphatic heterocycles. The topological polar surface area (TPSA) is 67.9 Å². The standard InChI is InChI=1S/C32H34N2O4/c1-37-25-16-12-23(13-17-25)30-29(31(35)33-21-20-22-8-4-3-5-9-22)27-10-6-7-11-28(27)32(36)34(30)24-14-18-26(38-2)19-15-24/h6-8,10-19,29-30H,3-5,9,20-21H2,1-2H3,(H,33,35)/t29-,30+/m0/s1. The number of rotatable bonds is 8. The molecule has 2 amide bonds. The maximum absolute atomic E-state index is 14.0. The number of benzene rings is 3. The number of allylic oxidation sites excluding steroid dienone is 1. The quantitative estimate of drug-likeness (QED) is 0.367. The molecule has 3 aromatic carbocycles. The fourth-order valence-electron chi connectivity index (χ4n) is 5.57. The van der Waals surface area contributed by atoms with Crippen LogP contribution in [0.3, 0.4) is 0 Å². The van der Waals surface area contributed by atoms with Gasteiger partial charge in [0, 0.05) is 17.8 Å². The summed E-state index contributed by atoms with van der Waals surface area (Å²) >= 11 is 0. The molecule has 38 heavy (non-hydrogen) atoms. The number of methoxy groups -OCH3 is 2. The van der Waals surface area contributed by atoms with E-state index in [9.17, 15) is 9.59 Å². The maximum Gasteiger partial charge on any atom is 0.259 e. The summed E-state index contributed by atoms with van der Waals surface area (Å²) in [6.07, 6.45) is 7.86. The molecule has 0 unspecified atom stereocenters. The molecule has 0 aromatic heterocycles. The van der Waals surface area contributed by atoms with Gasteiger partial charge >= 0.3 is 0 Å². The van der Waals surface area contributed by atoms with Crippen molar-refractivity contribution in [1.29, 1.82) is 0 Å². The van der Waals surface area contributed by atoms with Gasteiger partial charge in [0.25, 0.3) is 5.91 Å². The number of carbonyl (C=O) groups is 2.